The molecule has 0 rings (SSSR count). The Morgan fingerprint density at radius 3 is 1.61 bits per heavy atom. The van der Waals surface area contributed by atoms with E-state index in [0.717, 1.165) is 19.3 Å². The van der Waals surface area contributed by atoms with Crippen LogP contribution >= 0.6 is 0 Å². The van der Waals surface area contributed by atoms with Crippen LogP contribution in [0.4, 0.5) is 13.2 Å². The first-order valence-corrected chi connectivity index (χ1v) is 7.29. The molecule has 8 heteroatoms. The van der Waals surface area contributed by atoms with Crippen LogP contribution < -0.4 is 51.4 Å². The van der Waals surface area contributed by atoms with Gasteiger partial charge in [0.1, 0.15) is 0 Å². The molecule has 0 saturated carbocycles. The third-order valence-corrected chi connectivity index (χ3v) is 3.14. The van der Waals surface area contributed by atoms with Crippen LogP contribution in [0.2, 0.25) is 0 Å². The number of unbranched alkanes of at least 4 members (excludes halogenated alkanes) is 6. The summed E-state index contributed by atoms with van der Waals surface area (Å²) in [7, 11) is -4.12. The van der Waals surface area contributed by atoms with Crippen LogP contribution in [0.15, 0.2) is 0 Å². The zero-order chi connectivity index (χ0) is 13.4. The van der Waals surface area contributed by atoms with Crippen molar-refractivity contribution in [3.05, 3.63) is 0 Å². The van der Waals surface area contributed by atoms with Crippen molar-refractivity contribution >= 4 is 10.1 Å². The number of hydrogen-bond donors (Lipinski definition) is 0. The number of halogens is 3. The molecular formula is C10H18F3KO3S. The van der Waals surface area contributed by atoms with Crippen LogP contribution in [0, 0.1) is 0 Å². The maximum Gasteiger partial charge on any atom is 1.00 e. The normalized spacial score (nSPS) is 12.2. The van der Waals surface area contributed by atoms with E-state index in [2.05, 4.69) is 0 Å². The summed E-state index contributed by atoms with van der Waals surface area (Å²) in [6, 6.07) is 0. The second-order valence-electron chi connectivity index (χ2n) is 4.10. The summed E-state index contributed by atoms with van der Waals surface area (Å²) in [4.78, 5) is 0. The zero-order valence-corrected chi connectivity index (χ0v) is 14.6. The van der Waals surface area contributed by atoms with Gasteiger partial charge in [0.05, 0.1) is 10.1 Å². The molecule has 0 aliphatic rings. The molecule has 0 bridgehead atoms. The van der Waals surface area contributed by atoms with Crippen LogP contribution in [0.1, 0.15) is 51.4 Å². The third-order valence-electron chi connectivity index (χ3n) is 2.35. The van der Waals surface area contributed by atoms with E-state index in [1.165, 1.54) is 0 Å². The van der Waals surface area contributed by atoms with Gasteiger partial charge >= 0.3 is 57.6 Å². The fourth-order valence-electron chi connectivity index (χ4n) is 1.49. The van der Waals surface area contributed by atoms with Crippen LogP contribution in [-0.2, 0) is 10.1 Å². The summed E-state index contributed by atoms with van der Waals surface area (Å²) < 4.78 is 66.0. The summed E-state index contributed by atoms with van der Waals surface area (Å²) in [5, 5.41) is 0. The van der Waals surface area contributed by atoms with Crippen molar-refractivity contribution in [3.8, 4) is 0 Å². The van der Waals surface area contributed by atoms with E-state index in [0.29, 0.717) is 19.3 Å². The summed E-state index contributed by atoms with van der Waals surface area (Å²) in [5.74, 6) is -0.346. The quantitative estimate of drug-likeness (QED) is 0.347. The summed E-state index contributed by atoms with van der Waals surface area (Å²) in [6.45, 7) is 0. The SMILES string of the molecule is O=S(=O)([O-])CCCCCCCCCC(F)(F)F.[K+]. The van der Waals surface area contributed by atoms with Gasteiger partial charge in [-0.3, -0.25) is 0 Å². The van der Waals surface area contributed by atoms with Gasteiger partial charge in [0, 0.05) is 12.2 Å². The van der Waals surface area contributed by atoms with Gasteiger partial charge in [-0.25, -0.2) is 8.42 Å². The fourth-order valence-corrected chi connectivity index (χ4v) is 2.05. The molecule has 0 spiro atoms. The Hall–Kier alpha value is 1.34. The molecule has 0 radical (unpaired) electrons. The minimum atomic E-state index is -4.12. The monoisotopic (exact) mass is 314 g/mol. The topological polar surface area (TPSA) is 57.2 Å². The van der Waals surface area contributed by atoms with Gasteiger partial charge in [-0.1, -0.05) is 32.1 Å². The van der Waals surface area contributed by atoms with Gasteiger partial charge in [0.25, 0.3) is 0 Å². The van der Waals surface area contributed by atoms with Crippen molar-refractivity contribution < 1.29 is 77.5 Å². The molecule has 0 amide bonds. The van der Waals surface area contributed by atoms with Crippen molar-refractivity contribution in [3.63, 3.8) is 0 Å². The smallest absolute Gasteiger partial charge is 0.748 e. The summed E-state index contributed by atoms with van der Waals surface area (Å²) >= 11 is 0. The van der Waals surface area contributed by atoms with E-state index in [1.54, 1.807) is 0 Å². The molecule has 0 aliphatic heterocycles. The predicted octanol–water partition coefficient (Wildman–Crippen LogP) is 0.219. The maximum absolute atomic E-state index is 11.8. The molecule has 0 aliphatic carbocycles. The first-order chi connectivity index (χ1) is 7.71. The molecule has 0 unspecified atom stereocenters. The van der Waals surface area contributed by atoms with Crippen molar-refractivity contribution in [2.24, 2.45) is 0 Å². The standard InChI is InChI=1S/C10H19F3O3S.K/c11-10(12,13)8-6-4-2-1-3-5-7-9-17(14,15)16;/h1-9H2,(H,14,15,16);/q;+1/p-1. The first-order valence-electron chi connectivity index (χ1n) is 5.71. The largest absolute Gasteiger partial charge is 1.00 e. The fraction of sp³-hybridized carbons (Fsp3) is 1.00. The second-order valence-corrected chi connectivity index (χ2v) is 5.63. The van der Waals surface area contributed by atoms with Gasteiger partial charge in [0.2, 0.25) is 0 Å². The zero-order valence-electron chi connectivity index (χ0n) is 10.6. The number of hydrogen-bond acceptors (Lipinski definition) is 3. The van der Waals surface area contributed by atoms with E-state index >= 15 is 0 Å². The average molecular weight is 314 g/mol. The Kier molecular flexibility index (Phi) is 13.3. The van der Waals surface area contributed by atoms with Crippen LogP contribution in [0.3, 0.4) is 0 Å². The average Bonchev–Trinajstić information content (AvgIpc) is 2.11. The van der Waals surface area contributed by atoms with Crippen molar-refractivity contribution in [2.75, 3.05) is 5.75 Å². The molecule has 0 atom stereocenters. The Balaban J connectivity index is 0. The van der Waals surface area contributed by atoms with Crippen molar-refractivity contribution in [1.82, 2.24) is 0 Å². The molecule has 104 valence electrons. The van der Waals surface area contributed by atoms with E-state index in [9.17, 15) is 26.1 Å². The molecule has 0 aromatic rings. The van der Waals surface area contributed by atoms with Gasteiger partial charge in [-0.05, 0) is 12.8 Å². The Morgan fingerprint density at radius 2 is 1.22 bits per heavy atom. The van der Waals surface area contributed by atoms with Crippen molar-refractivity contribution in [2.45, 2.75) is 57.5 Å². The van der Waals surface area contributed by atoms with E-state index in [4.69, 9.17) is 0 Å². The van der Waals surface area contributed by atoms with E-state index in [-0.39, 0.29) is 63.6 Å². The summed E-state index contributed by atoms with van der Waals surface area (Å²) in [5.41, 5.74) is 0. The Bertz CT molecular complexity index is 291. The molecule has 3 nitrogen and oxygen atoms in total. The van der Waals surface area contributed by atoms with Gasteiger partial charge in [-0.15, -0.1) is 0 Å². The molecule has 0 saturated heterocycles. The van der Waals surface area contributed by atoms with Gasteiger partial charge in [0.15, 0.2) is 0 Å². The van der Waals surface area contributed by atoms with Crippen LogP contribution in [-0.4, -0.2) is 24.9 Å². The molecular weight excluding hydrogens is 296 g/mol. The third kappa shape index (κ3) is 19.7. The Morgan fingerprint density at radius 1 is 0.833 bits per heavy atom. The molecule has 0 fully saturated rings. The predicted molar refractivity (Wildman–Crippen MR) is 57.6 cm³/mol. The Labute approximate surface area is 149 Å². The van der Waals surface area contributed by atoms with E-state index < -0.39 is 22.7 Å². The number of rotatable bonds is 9. The number of alkyl halides is 3. The molecule has 18 heavy (non-hydrogen) atoms. The molecule has 0 heterocycles. The van der Waals surface area contributed by atoms with Crippen molar-refractivity contribution in [1.29, 1.82) is 0 Å². The summed E-state index contributed by atoms with van der Waals surface area (Å²) in [6.07, 6.45) is -0.852. The maximum atomic E-state index is 11.8. The van der Waals surface area contributed by atoms with Gasteiger partial charge < -0.3 is 4.55 Å². The molecule has 0 aromatic carbocycles. The van der Waals surface area contributed by atoms with Crippen LogP contribution in [0.25, 0.3) is 0 Å². The molecule has 0 N–H and O–H groups in total. The van der Waals surface area contributed by atoms with Crippen LogP contribution in [0.5, 0.6) is 0 Å². The first kappa shape index (κ1) is 21.6. The minimum absolute atomic E-state index is 0. The van der Waals surface area contributed by atoms with E-state index in [1.807, 2.05) is 0 Å². The second kappa shape index (κ2) is 11.0. The molecule has 0 aromatic heterocycles. The minimum Gasteiger partial charge on any atom is -0.748 e. The van der Waals surface area contributed by atoms with Gasteiger partial charge in [-0.2, -0.15) is 13.2 Å².